The first-order valence-electron chi connectivity index (χ1n) is 5.63. The van der Waals surface area contributed by atoms with E-state index >= 15 is 0 Å². The Morgan fingerprint density at radius 2 is 2.11 bits per heavy atom. The van der Waals surface area contributed by atoms with Crippen molar-refractivity contribution in [2.75, 3.05) is 19.1 Å². The lowest BCUT2D eigenvalue weighted by atomic mass is 10.0. The second-order valence-corrected chi connectivity index (χ2v) is 8.14. The van der Waals surface area contributed by atoms with Crippen LogP contribution in [-0.2, 0) is 9.84 Å². The predicted molar refractivity (Wildman–Crippen MR) is 84.9 cm³/mol. The molecule has 18 heavy (non-hydrogen) atoms. The number of hydrogen-bond donors (Lipinski definition) is 1. The number of halogens is 2. The van der Waals surface area contributed by atoms with E-state index in [1.807, 2.05) is 25.2 Å². The van der Waals surface area contributed by atoms with Crippen LogP contribution in [0, 0.1) is 3.57 Å². The van der Waals surface area contributed by atoms with Crippen LogP contribution in [0.1, 0.15) is 24.4 Å². The third-order valence-electron chi connectivity index (χ3n) is 2.69. The van der Waals surface area contributed by atoms with Crippen LogP contribution in [-0.4, -0.2) is 27.5 Å². The van der Waals surface area contributed by atoms with E-state index in [9.17, 15) is 8.42 Å². The molecule has 1 aromatic rings. The van der Waals surface area contributed by atoms with Crippen molar-refractivity contribution in [1.82, 2.24) is 5.32 Å². The molecule has 1 N–H and O–H groups in total. The van der Waals surface area contributed by atoms with Crippen molar-refractivity contribution >= 4 is 44.0 Å². The van der Waals surface area contributed by atoms with Crippen molar-refractivity contribution in [3.05, 3.63) is 32.4 Å². The Morgan fingerprint density at radius 3 is 2.67 bits per heavy atom. The second-order valence-electron chi connectivity index (χ2n) is 4.28. The maximum atomic E-state index is 11.1. The lowest BCUT2D eigenvalue weighted by molar-refractivity contribution is 0.534. The predicted octanol–water partition coefficient (Wildman–Crippen LogP) is 3.03. The monoisotopic (exact) mass is 401 g/mol. The summed E-state index contributed by atoms with van der Waals surface area (Å²) in [6.45, 7) is 0. The molecule has 0 aliphatic carbocycles. The van der Waals surface area contributed by atoms with Gasteiger partial charge in [-0.3, -0.25) is 0 Å². The van der Waals surface area contributed by atoms with Gasteiger partial charge in [-0.2, -0.15) is 0 Å². The quantitative estimate of drug-likeness (QED) is 0.745. The number of rotatable bonds is 6. The largest absolute Gasteiger partial charge is 0.313 e. The fraction of sp³-hybridized carbons (Fsp3) is 0.500. The molecule has 1 atom stereocenters. The van der Waals surface area contributed by atoms with Crippen LogP contribution in [0.2, 0.25) is 5.02 Å². The van der Waals surface area contributed by atoms with Gasteiger partial charge in [0.15, 0.2) is 0 Å². The Bertz CT molecular complexity index is 505. The summed E-state index contributed by atoms with van der Waals surface area (Å²) in [6, 6.07) is 5.90. The van der Waals surface area contributed by atoms with E-state index in [-0.39, 0.29) is 11.8 Å². The highest BCUT2D eigenvalue weighted by Crippen LogP contribution is 2.26. The summed E-state index contributed by atoms with van der Waals surface area (Å²) in [7, 11) is -1.01. The van der Waals surface area contributed by atoms with Crippen molar-refractivity contribution in [2.45, 2.75) is 18.9 Å². The number of hydrogen-bond acceptors (Lipinski definition) is 3. The zero-order valence-electron chi connectivity index (χ0n) is 10.4. The van der Waals surface area contributed by atoms with Crippen LogP contribution in [0.4, 0.5) is 0 Å². The fourth-order valence-corrected chi connectivity index (χ4v) is 3.37. The molecule has 0 spiro atoms. The fourth-order valence-electron chi connectivity index (χ4n) is 1.79. The highest BCUT2D eigenvalue weighted by Gasteiger charge is 2.14. The molecule has 0 fully saturated rings. The number of nitrogens with one attached hydrogen (secondary N) is 1. The molecule has 0 heterocycles. The van der Waals surface area contributed by atoms with Gasteiger partial charge in [-0.05, 0) is 66.2 Å². The molecule has 0 bridgehead atoms. The van der Waals surface area contributed by atoms with Gasteiger partial charge in [-0.1, -0.05) is 11.6 Å². The summed E-state index contributed by atoms with van der Waals surface area (Å²) in [4.78, 5) is 0. The molecule has 6 heteroatoms. The average molecular weight is 402 g/mol. The summed E-state index contributed by atoms with van der Waals surface area (Å²) in [5, 5.41) is 3.92. The van der Waals surface area contributed by atoms with Crippen molar-refractivity contribution in [3.8, 4) is 0 Å². The zero-order chi connectivity index (χ0) is 13.8. The molecular formula is C12H17ClINO2S. The van der Waals surface area contributed by atoms with Gasteiger partial charge in [0.25, 0.3) is 0 Å². The maximum Gasteiger partial charge on any atom is 0.147 e. The minimum absolute atomic E-state index is 0.136. The third-order valence-corrected chi connectivity index (χ3v) is 4.94. The smallest absolute Gasteiger partial charge is 0.147 e. The van der Waals surface area contributed by atoms with E-state index in [1.54, 1.807) is 0 Å². The van der Waals surface area contributed by atoms with Crippen LogP contribution >= 0.6 is 34.2 Å². The van der Waals surface area contributed by atoms with Crippen molar-refractivity contribution in [2.24, 2.45) is 0 Å². The van der Waals surface area contributed by atoms with E-state index in [4.69, 9.17) is 11.6 Å². The van der Waals surface area contributed by atoms with E-state index in [2.05, 4.69) is 27.9 Å². The van der Waals surface area contributed by atoms with E-state index in [0.717, 1.165) is 15.6 Å². The lowest BCUT2D eigenvalue weighted by Gasteiger charge is -2.18. The van der Waals surface area contributed by atoms with E-state index in [0.29, 0.717) is 11.4 Å². The van der Waals surface area contributed by atoms with Gasteiger partial charge in [-0.25, -0.2) is 8.42 Å². The van der Waals surface area contributed by atoms with Gasteiger partial charge in [-0.15, -0.1) is 0 Å². The van der Waals surface area contributed by atoms with Gasteiger partial charge < -0.3 is 5.32 Å². The molecule has 0 aromatic heterocycles. The minimum atomic E-state index is -2.88. The van der Waals surface area contributed by atoms with Crippen molar-refractivity contribution in [3.63, 3.8) is 0 Å². The van der Waals surface area contributed by atoms with Gasteiger partial charge >= 0.3 is 0 Å². The van der Waals surface area contributed by atoms with Gasteiger partial charge in [0.05, 0.1) is 0 Å². The van der Waals surface area contributed by atoms with Crippen LogP contribution in [0.5, 0.6) is 0 Å². The first-order chi connectivity index (χ1) is 8.33. The molecule has 102 valence electrons. The standard InChI is InChI=1S/C12H17ClINO2S/c1-15-12(4-3-7-18(2,16)17)10-8-9(13)5-6-11(10)14/h5-6,8,12,15H,3-4,7H2,1-2H3. The molecule has 0 aliphatic heterocycles. The lowest BCUT2D eigenvalue weighted by Crippen LogP contribution is -2.18. The molecule has 0 radical (unpaired) electrons. The van der Waals surface area contributed by atoms with Crippen LogP contribution < -0.4 is 5.32 Å². The van der Waals surface area contributed by atoms with Gasteiger partial charge in [0, 0.05) is 26.6 Å². The Hall–Kier alpha value is 0.150. The molecular weight excluding hydrogens is 385 g/mol. The topological polar surface area (TPSA) is 46.2 Å². The van der Waals surface area contributed by atoms with Crippen LogP contribution in [0.3, 0.4) is 0 Å². The maximum absolute atomic E-state index is 11.1. The minimum Gasteiger partial charge on any atom is -0.313 e. The average Bonchev–Trinajstić information content (AvgIpc) is 2.27. The van der Waals surface area contributed by atoms with E-state index < -0.39 is 9.84 Å². The number of sulfone groups is 1. The molecule has 1 aromatic carbocycles. The van der Waals surface area contributed by atoms with E-state index in [1.165, 1.54) is 6.26 Å². The molecule has 3 nitrogen and oxygen atoms in total. The SMILES string of the molecule is CNC(CCCS(C)(=O)=O)c1cc(Cl)ccc1I. The first-order valence-corrected chi connectivity index (χ1v) is 9.15. The van der Waals surface area contributed by atoms with Crippen molar-refractivity contribution < 1.29 is 8.42 Å². The summed E-state index contributed by atoms with van der Waals surface area (Å²) in [6.07, 6.45) is 2.69. The van der Waals surface area contributed by atoms with Crippen LogP contribution in [0.15, 0.2) is 18.2 Å². The normalized spacial score (nSPS) is 13.6. The zero-order valence-corrected chi connectivity index (χ0v) is 14.1. The Morgan fingerprint density at radius 1 is 1.44 bits per heavy atom. The highest BCUT2D eigenvalue weighted by molar-refractivity contribution is 14.1. The summed E-state index contributed by atoms with van der Waals surface area (Å²) < 4.78 is 23.4. The summed E-state index contributed by atoms with van der Waals surface area (Å²) in [5.74, 6) is 0.225. The number of benzene rings is 1. The third kappa shape index (κ3) is 5.42. The Balaban J connectivity index is 2.74. The molecule has 0 saturated heterocycles. The Labute approximate surface area is 127 Å². The Kier molecular flexibility index (Phi) is 6.37. The molecule has 0 saturated carbocycles. The highest BCUT2D eigenvalue weighted by atomic mass is 127. The van der Waals surface area contributed by atoms with Gasteiger partial charge in [0.1, 0.15) is 9.84 Å². The van der Waals surface area contributed by atoms with Crippen molar-refractivity contribution in [1.29, 1.82) is 0 Å². The van der Waals surface area contributed by atoms with Crippen LogP contribution in [0.25, 0.3) is 0 Å². The second kappa shape index (κ2) is 7.07. The summed E-state index contributed by atoms with van der Waals surface area (Å²) >= 11 is 8.26. The molecule has 0 amide bonds. The molecule has 0 aliphatic rings. The molecule has 1 rings (SSSR count). The van der Waals surface area contributed by atoms with Gasteiger partial charge in [0.2, 0.25) is 0 Å². The molecule has 1 unspecified atom stereocenters. The first kappa shape index (κ1) is 16.2. The summed E-state index contributed by atoms with van der Waals surface area (Å²) in [5.41, 5.74) is 1.12.